The fourth-order valence-electron chi connectivity index (χ4n) is 2.90. The Labute approximate surface area is 148 Å². The topological polar surface area (TPSA) is 9.23 Å². The summed E-state index contributed by atoms with van der Waals surface area (Å²) in [6.45, 7) is 9.67. The maximum atomic E-state index is 5.95. The number of rotatable bonds is 4. The van der Waals surface area contributed by atoms with Crippen LogP contribution in [0.2, 0.25) is 5.23 Å². The van der Waals surface area contributed by atoms with Crippen LogP contribution < -0.4 is 3.87 Å². The van der Waals surface area contributed by atoms with Crippen molar-refractivity contribution < 1.29 is 21.6 Å². The Balaban J connectivity index is 0.00000200. The third-order valence-corrected chi connectivity index (χ3v) is 6.90. The Morgan fingerprint density at radius 2 is 1.76 bits per heavy atom. The molecule has 117 valence electrons. The van der Waals surface area contributed by atoms with E-state index in [1.165, 1.54) is 26.2 Å². The monoisotopic (exact) mass is 363 g/mol. The zero-order valence-corrected chi connectivity index (χ0v) is 16.6. The van der Waals surface area contributed by atoms with Gasteiger partial charge < -0.3 is 0 Å². The largest absolute Gasteiger partial charge is 0.147 e. The van der Waals surface area contributed by atoms with Crippen LogP contribution in [-0.2, 0) is 21.6 Å². The summed E-state index contributed by atoms with van der Waals surface area (Å²) >= 11 is -1.58. The molecular formula is C17H25Cl2OTi. The van der Waals surface area contributed by atoms with Gasteiger partial charge in [0.1, 0.15) is 0 Å². The van der Waals surface area contributed by atoms with Gasteiger partial charge in [-0.15, -0.1) is 24.8 Å². The van der Waals surface area contributed by atoms with Crippen molar-refractivity contribution in [1.29, 1.82) is 0 Å². The molecule has 1 unspecified atom stereocenters. The molecule has 0 radical (unpaired) electrons. The summed E-state index contributed by atoms with van der Waals surface area (Å²) in [6, 6.07) is 8.83. The van der Waals surface area contributed by atoms with Gasteiger partial charge in [-0.3, -0.25) is 0 Å². The molecule has 0 amide bonds. The van der Waals surface area contributed by atoms with Crippen molar-refractivity contribution in [3.63, 3.8) is 0 Å². The van der Waals surface area contributed by atoms with Crippen LogP contribution in [0.25, 0.3) is 5.57 Å². The normalized spacial score (nSPS) is 17.0. The van der Waals surface area contributed by atoms with Crippen molar-refractivity contribution in [2.45, 2.75) is 32.9 Å². The van der Waals surface area contributed by atoms with Crippen molar-refractivity contribution in [3.8, 4) is 0 Å². The van der Waals surface area contributed by atoms with Crippen molar-refractivity contribution in [1.82, 2.24) is 0 Å². The molecule has 1 atom stereocenters. The average Bonchev–Trinajstić information content (AvgIpc) is 2.63. The number of hydrogen-bond acceptors (Lipinski definition) is 1. The van der Waals surface area contributed by atoms with E-state index < -0.39 is 18.3 Å². The van der Waals surface area contributed by atoms with Crippen LogP contribution >= 0.6 is 24.8 Å². The molecule has 1 aliphatic rings. The van der Waals surface area contributed by atoms with Gasteiger partial charge in [0, 0.05) is 0 Å². The standard InChI is InChI=1S/C14H15.C2H5O.CH3.2ClH.Ti/c1-10-9-11(2)14(12(10)3)13-7-5-4-6-8-13;1-2-3;;;;/h4-7,9,11H,1-3H3;2H2,1H3;1H3;2*1H;/q;-1;;;;+1. The van der Waals surface area contributed by atoms with Crippen LogP contribution in [-0.4, -0.2) is 6.61 Å². The zero-order valence-electron chi connectivity index (χ0n) is 13.4. The fraction of sp³-hybridized carbons (Fsp3) is 0.412. The smallest absolute Gasteiger partial charge is 0.147 e. The van der Waals surface area contributed by atoms with E-state index >= 15 is 0 Å². The van der Waals surface area contributed by atoms with Crippen LogP contribution in [0.1, 0.15) is 33.3 Å². The van der Waals surface area contributed by atoms with Crippen molar-refractivity contribution >= 4 is 34.3 Å². The third-order valence-electron chi connectivity index (χ3n) is 3.91. The van der Waals surface area contributed by atoms with E-state index in [1.54, 1.807) is 0 Å². The summed E-state index contributed by atoms with van der Waals surface area (Å²) in [4.78, 5) is 0. The van der Waals surface area contributed by atoms with Gasteiger partial charge in [0.2, 0.25) is 0 Å². The third kappa shape index (κ3) is 4.47. The molecule has 4 heteroatoms. The summed E-state index contributed by atoms with van der Waals surface area (Å²) in [5.41, 5.74) is 5.79. The summed E-state index contributed by atoms with van der Waals surface area (Å²) in [5.74, 6) is 0.522. The molecule has 2 rings (SSSR count). The SMILES string of the molecule is CC[O][Ti]([CH3])[c]1ccccc1C1=C(C)C(C)=CC1C.Cl.Cl. The van der Waals surface area contributed by atoms with Gasteiger partial charge in [0.05, 0.1) is 0 Å². The first kappa shape index (κ1) is 21.0. The first-order chi connectivity index (χ1) is 9.06. The number of allylic oxidation sites excluding steroid dienone is 4. The zero-order chi connectivity index (χ0) is 14.0. The van der Waals surface area contributed by atoms with E-state index in [0.717, 1.165) is 6.61 Å². The summed E-state index contributed by atoms with van der Waals surface area (Å²) in [5, 5.41) is 2.30. The summed E-state index contributed by atoms with van der Waals surface area (Å²) < 4.78 is 7.42. The molecule has 0 aromatic heterocycles. The van der Waals surface area contributed by atoms with Crippen molar-refractivity contribution in [2.75, 3.05) is 6.61 Å². The van der Waals surface area contributed by atoms with Gasteiger partial charge in [0.15, 0.2) is 0 Å². The number of benzene rings is 1. The molecule has 0 aliphatic heterocycles. The Morgan fingerprint density at radius 3 is 2.29 bits per heavy atom. The molecule has 1 aromatic carbocycles. The van der Waals surface area contributed by atoms with E-state index in [9.17, 15) is 0 Å². The average molecular weight is 364 g/mol. The minimum absolute atomic E-state index is 0. The second kappa shape index (κ2) is 9.17. The minimum Gasteiger partial charge on any atom is -0.147 e. The van der Waals surface area contributed by atoms with Gasteiger partial charge in [-0.25, -0.2) is 0 Å². The predicted molar refractivity (Wildman–Crippen MR) is 93.6 cm³/mol. The van der Waals surface area contributed by atoms with Crippen LogP contribution in [0.4, 0.5) is 0 Å². The maximum absolute atomic E-state index is 5.95. The Morgan fingerprint density at radius 1 is 1.14 bits per heavy atom. The molecule has 1 aliphatic carbocycles. The Bertz CT molecular complexity index is 537. The minimum atomic E-state index is -1.58. The van der Waals surface area contributed by atoms with E-state index in [4.69, 9.17) is 3.32 Å². The quantitative estimate of drug-likeness (QED) is 0.672. The number of halogens is 2. The van der Waals surface area contributed by atoms with E-state index in [-0.39, 0.29) is 24.8 Å². The summed E-state index contributed by atoms with van der Waals surface area (Å²) in [6.07, 6.45) is 2.37. The Kier molecular flexibility index (Phi) is 9.15. The van der Waals surface area contributed by atoms with Crippen molar-refractivity contribution in [3.05, 3.63) is 47.1 Å². The van der Waals surface area contributed by atoms with Gasteiger partial charge in [-0.2, -0.15) is 0 Å². The first-order valence-corrected chi connectivity index (χ1v) is 10.00. The van der Waals surface area contributed by atoms with E-state index in [2.05, 4.69) is 63.3 Å². The first-order valence-electron chi connectivity index (χ1n) is 7.02. The van der Waals surface area contributed by atoms with E-state index in [0.29, 0.717) is 5.92 Å². The summed E-state index contributed by atoms with van der Waals surface area (Å²) in [7, 11) is 0. The molecule has 1 nitrogen and oxygen atoms in total. The van der Waals surface area contributed by atoms with Gasteiger partial charge in [-0.05, 0) is 0 Å². The molecule has 0 bridgehead atoms. The second-order valence-corrected chi connectivity index (χ2v) is 8.24. The number of hydrogen-bond donors (Lipinski definition) is 0. The molecule has 0 N–H and O–H groups in total. The molecule has 0 spiro atoms. The molecule has 21 heavy (non-hydrogen) atoms. The molecular weight excluding hydrogens is 339 g/mol. The van der Waals surface area contributed by atoms with Gasteiger partial charge >= 0.3 is 124 Å². The Hall–Kier alpha value is -0.0457. The molecule has 0 fully saturated rings. The second-order valence-electron chi connectivity index (χ2n) is 5.21. The van der Waals surface area contributed by atoms with Crippen LogP contribution in [0.15, 0.2) is 41.5 Å². The fourth-order valence-corrected chi connectivity index (χ4v) is 5.27. The van der Waals surface area contributed by atoms with Crippen LogP contribution in [0.3, 0.4) is 0 Å². The molecule has 0 saturated carbocycles. The van der Waals surface area contributed by atoms with Gasteiger partial charge in [0.25, 0.3) is 0 Å². The van der Waals surface area contributed by atoms with Gasteiger partial charge in [-0.1, -0.05) is 0 Å². The molecule has 1 aromatic rings. The van der Waals surface area contributed by atoms with Crippen LogP contribution in [0.5, 0.6) is 0 Å². The maximum Gasteiger partial charge on any atom is -0.147 e. The molecule has 0 saturated heterocycles. The van der Waals surface area contributed by atoms with Crippen molar-refractivity contribution in [2.24, 2.45) is 5.92 Å². The predicted octanol–water partition coefficient (Wildman–Crippen LogP) is 5.14. The van der Waals surface area contributed by atoms with E-state index in [1.807, 2.05) is 0 Å². The molecule has 0 heterocycles. The van der Waals surface area contributed by atoms with Crippen LogP contribution in [0, 0.1) is 5.92 Å².